The summed E-state index contributed by atoms with van der Waals surface area (Å²) in [6.45, 7) is 0. The molecule has 0 aliphatic carbocycles. The first-order chi connectivity index (χ1) is 10.9. The Morgan fingerprint density at radius 1 is 1.00 bits per heavy atom. The van der Waals surface area contributed by atoms with Crippen LogP contribution in [0.3, 0.4) is 0 Å². The zero-order valence-electron chi connectivity index (χ0n) is 11.7. The second-order valence-electron chi connectivity index (χ2n) is 5.31. The van der Waals surface area contributed by atoms with Crippen LogP contribution in [0.5, 0.6) is 0 Å². The number of aromatic nitrogens is 1. The Balaban J connectivity index is 1.81. The molecule has 0 spiro atoms. The fraction of sp³-hybridized carbons (Fsp3) is 0. The molecule has 0 bridgehead atoms. The van der Waals surface area contributed by atoms with E-state index in [0.29, 0.717) is 0 Å². The number of nitrogens with zero attached hydrogens (tertiary/aromatic N) is 2. The number of fused-ring (bicyclic) bond motifs is 5. The molecular formula is C18H12N3S+. The number of anilines is 1. The Morgan fingerprint density at radius 2 is 1.91 bits per heavy atom. The molecular weight excluding hydrogens is 290 g/mol. The number of allylic oxidation sites excluding steroid dienone is 1. The first-order valence-corrected chi connectivity index (χ1v) is 7.97. The lowest BCUT2D eigenvalue weighted by Crippen LogP contribution is -2.06. The van der Waals surface area contributed by atoms with Gasteiger partial charge in [-0.3, -0.25) is 4.98 Å². The minimum atomic E-state index is 1.02. The highest BCUT2D eigenvalue weighted by Gasteiger charge is 2.22. The van der Waals surface area contributed by atoms with Gasteiger partial charge in [0.25, 0.3) is 0 Å². The quantitative estimate of drug-likeness (QED) is 0.527. The van der Waals surface area contributed by atoms with E-state index in [1.54, 1.807) is 11.9 Å². The van der Waals surface area contributed by atoms with Gasteiger partial charge in [0, 0.05) is 22.7 Å². The van der Waals surface area contributed by atoms with Crippen molar-refractivity contribution in [1.82, 2.24) is 4.98 Å². The van der Waals surface area contributed by atoms with Crippen molar-refractivity contribution in [3.63, 3.8) is 0 Å². The lowest BCUT2D eigenvalue weighted by molar-refractivity contribution is -0.363. The van der Waals surface area contributed by atoms with Crippen molar-refractivity contribution in [3.05, 3.63) is 60.9 Å². The van der Waals surface area contributed by atoms with Crippen LogP contribution in [0.25, 0.3) is 22.0 Å². The number of hydrogen-bond acceptors (Lipinski definition) is 3. The second kappa shape index (κ2) is 4.45. The maximum Gasteiger partial charge on any atom is 0.221 e. The predicted molar refractivity (Wildman–Crippen MR) is 91.8 cm³/mol. The maximum atomic E-state index is 4.63. The van der Waals surface area contributed by atoms with E-state index in [2.05, 4.69) is 69.2 Å². The Hall–Kier alpha value is -2.59. The van der Waals surface area contributed by atoms with E-state index in [0.717, 1.165) is 16.6 Å². The lowest BCUT2D eigenvalue weighted by atomic mass is 10.00. The van der Waals surface area contributed by atoms with Gasteiger partial charge in [0.2, 0.25) is 5.69 Å². The standard InChI is InChI=1S/C18H12N3S/c1-2-5-16-12(4-1)13-6-7-14-15(21-10-3-11-21)8-9-19-17(14)18(13)20-22-16/h1-11,20H/q+1. The minimum absolute atomic E-state index is 1.02. The number of rotatable bonds is 1. The van der Waals surface area contributed by atoms with Gasteiger partial charge in [-0.15, -0.1) is 0 Å². The third-order valence-corrected chi connectivity index (χ3v) is 4.98. The highest BCUT2D eigenvalue weighted by Crippen LogP contribution is 2.45. The van der Waals surface area contributed by atoms with Crippen molar-refractivity contribution in [2.45, 2.75) is 4.90 Å². The van der Waals surface area contributed by atoms with Crippen molar-refractivity contribution in [3.8, 4) is 11.1 Å². The average Bonchev–Trinajstić information content (AvgIpc) is 2.53. The summed E-state index contributed by atoms with van der Waals surface area (Å²) in [5, 5.41) is 1.16. The van der Waals surface area contributed by atoms with Gasteiger partial charge in [0.05, 0.1) is 17.1 Å². The van der Waals surface area contributed by atoms with E-state index in [4.69, 9.17) is 0 Å². The van der Waals surface area contributed by atoms with Crippen LogP contribution in [0.2, 0.25) is 0 Å². The molecule has 3 heterocycles. The fourth-order valence-electron chi connectivity index (χ4n) is 2.97. The zero-order valence-corrected chi connectivity index (χ0v) is 12.5. The van der Waals surface area contributed by atoms with E-state index in [1.807, 2.05) is 12.3 Å². The van der Waals surface area contributed by atoms with Crippen LogP contribution >= 0.6 is 11.9 Å². The molecule has 3 aromatic rings. The van der Waals surface area contributed by atoms with Crippen LogP contribution in [-0.2, 0) is 0 Å². The lowest BCUT2D eigenvalue weighted by Gasteiger charge is -2.21. The normalized spacial score (nSPS) is 14.6. The second-order valence-corrected chi connectivity index (χ2v) is 6.16. The van der Waals surface area contributed by atoms with Crippen molar-refractivity contribution >= 4 is 40.4 Å². The topological polar surface area (TPSA) is 27.9 Å². The van der Waals surface area contributed by atoms with Gasteiger partial charge >= 0.3 is 0 Å². The predicted octanol–water partition coefficient (Wildman–Crippen LogP) is 4.58. The summed E-state index contributed by atoms with van der Waals surface area (Å²) < 4.78 is 5.60. The van der Waals surface area contributed by atoms with Gasteiger partial charge in [-0.25, -0.2) is 0 Å². The Bertz CT molecular complexity index is 989. The summed E-state index contributed by atoms with van der Waals surface area (Å²) in [7, 11) is 0. The average molecular weight is 302 g/mol. The molecule has 3 nitrogen and oxygen atoms in total. The number of nitrogens with one attached hydrogen (secondary N) is 1. The van der Waals surface area contributed by atoms with Crippen LogP contribution in [0.1, 0.15) is 0 Å². The molecule has 0 atom stereocenters. The van der Waals surface area contributed by atoms with Crippen LogP contribution in [0.15, 0.2) is 65.8 Å². The zero-order chi connectivity index (χ0) is 14.5. The van der Waals surface area contributed by atoms with Gasteiger partial charge < -0.3 is 4.72 Å². The third-order valence-electron chi connectivity index (χ3n) is 4.10. The molecule has 0 saturated heterocycles. The summed E-state index contributed by atoms with van der Waals surface area (Å²) in [5.74, 6) is 0. The van der Waals surface area contributed by atoms with Crippen LogP contribution in [0, 0.1) is 0 Å². The van der Waals surface area contributed by atoms with Gasteiger partial charge in [-0.05, 0) is 29.6 Å². The number of pyridine rings is 1. The van der Waals surface area contributed by atoms with Crippen LogP contribution in [0.4, 0.5) is 11.4 Å². The number of hydrogen-bond donors (Lipinski definition) is 1. The van der Waals surface area contributed by atoms with Gasteiger partial charge in [0.1, 0.15) is 5.52 Å². The first kappa shape index (κ1) is 12.0. The molecule has 0 unspecified atom stereocenters. The molecule has 22 heavy (non-hydrogen) atoms. The molecule has 4 heteroatoms. The van der Waals surface area contributed by atoms with Gasteiger partial charge in [-0.2, -0.15) is 4.58 Å². The molecule has 104 valence electrons. The summed E-state index contributed by atoms with van der Waals surface area (Å²) in [6, 6.07) is 14.9. The van der Waals surface area contributed by atoms with Crippen molar-refractivity contribution in [1.29, 1.82) is 0 Å². The molecule has 2 aliphatic heterocycles. The fourth-order valence-corrected chi connectivity index (χ4v) is 3.83. The number of benzene rings is 2. The minimum Gasteiger partial charge on any atom is -0.323 e. The Morgan fingerprint density at radius 3 is 2.77 bits per heavy atom. The molecule has 2 aromatic carbocycles. The van der Waals surface area contributed by atoms with Gasteiger partial charge in [0.15, 0.2) is 12.4 Å². The molecule has 2 aliphatic rings. The summed E-state index contributed by atoms with van der Waals surface area (Å²) >= 11 is 1.65. The van der Waals surface area contributed by atoms with Gasteiger partial charge in [-0.1, -0.05) is 24.3 Å². The molecule has 1 aromatic heterocycles. The van der Waals surface area contributed by atoms with Crippen molar-refractivity contribution in [2.24, 2.45) is 0 Å². The summed E-state index contributed by atoms with van der Waals surface area (Å²) in [6.07, 6.45) is 8.04. The van der Waals surface area contributed by atoms with Crippen LogP contribution in [-0.4, -0.2) is 15.8 Å². The molecule has 0 saturated carbocycles. The maximum absolute atomic E-state index is 4.63. The molecule has 0 radical (unpaired) electrons. The Kier molecular flexibility index (Phi) is 2.43. The van der Waals surface area contributed by atoms with Crippen molar-refractivity contribution < 1.29 is 4.58 Å². The van der Waals surface area contributed by atoms with E-state index in [9.17, 15) is 0 Å². The van der Waals surface area contributed by atoms with E-state index >= 15 is 0 Å². The SMILES string of the molecule is C1=C[N+](c2ccnc3c4c(ccc23)-c2ccccc2SN4)=C1. The largest absolute Gasteiger partial charge is 0.323 e. The Labute approximate surface area is 132 Å². The smallest absolute Gasteiger partial charge is 0.221 e. The first-order valence-electron chi connectivity index (χ1n) is 7.16. The molecule has 5 rings (SSSR count). The molecule has 0 fully saturated rings. The van der Waals surface area contributed by atoms with E-state index in [-0.39, 0.29) is 0 Å². The summed E-state index contributed by atoms with van der Waals surface area (Å²) in [5.41, 5.74) is 5.78. The van der Waals surface area contributed by atoms with E-state index in [1.165, 1.54) is 21.7 Å². The third kappa shape index (κ3) is 1.58. The molecule has 0 amide bonds. The van der Waals surface area contributed by atoms with E-state index < -0.39 is 0 Å². The summed E-state index contributed by atoms with van der Waals surface area (Å²) in [4.78, 5) is 5.88. The highest BCUT2D eigenvalue weighted by atomic mass is 32.2. The highest BCUT2D eigenvalue weighted by molar-refractivity contribution is 8.00. The van der Waals surface area contributed by atoms with Crippen molar-refractivity contribution in [2.75, 3.05) is 4.72 Å². The monoisotopic (exact) mass is 302 g/mol. The molecule has 1 N–H and O–H groups in total. The van der Waals surface area contributed by atoms with Crippen LogP contribution < -0.4 is 4.72 Å².